The summed E-state index contributed by atoms with van der Waals surface area (Å²) in [4.78, 5) is 23.6. The fraction of sp³-hybridized carbons (Fsp3) is 0.471. The number of amides is 2. The smallest absolute Gasteiger partial charge is 0.329 e. The van der Waals surface area contributed by atoms with Gasteiger partial charge in [-0.2, -0.15) is 5.10 Å². The highest BCUT2D eigenvalue weighted by molar-refractivity contribution is 6.35. The van der Waals surface area contributed by atoms with Crippen LogP contribution >= 0.6 is 0 Å². The number of hydrogen-bond acceptors (Lipinski definition) is 5. The van der Waals surface area contributed by atoms with Gasteiger partial charge in [0.2, 0.25) is 0 Å². The zero-order chi connectivity index (χ0) is 17.4. The fourth-order valence-corrected chi connectivity index (χ4v) is 2.69. The molecule has 3 N–H and O–H groups in total. The second-order valence-electron chi connectivity index (χ2n) is 5.76. The Balaban J connectivity index is 1.86. The third kappa shape index (κ3) is 4.97. The van der Waals surface area contributed by atoms with Crippen LogP contribution in [-0.4, -0.2) is 36.3 Å². The monoisotopic (exact) mass is 333 g/mol. The molecule has 24 heavy (non-hydrogen) atoms. The summed E-state index contributed by atoms with van der Waals surface area (Å²) < 4.78 is 4.98. The Kier molecular flexibility index (Phi) is 6.60. The van der Waals surface area contributed by atoms with Crippen molar-refractivity contribution in [2.24, 2.45) is 5.10 Å². The summed E-state index contributed by atoms with van der Waals surface area (Å²) in [6.07, 6.45) is 7.55. The second-order valence-corrected chi connectivity index (χ2v) is 5.76. The summed E-state index contributed by atoms with van der Waals surface area (Å²) in [5.41, 5.74) is 2.54. The zero-order valence-electron chi connectivity index (χ0n) is 13.7. The summed E-state index contributed by atoms with van der Waals surface area (Å²) in [7, 11) is 1.44. The maximum Gasteiger partial charge on any atom is 0.329 e. The standard InChI is InChI=1S/C17H23N3O4/c1-24-14-10-6-7-12(15(14)21)11-18-20-17(23)16(22)19-13-8-4-2-3-5-9-13/h6-7,10-11,13,21H,2-5,8-9H2,1H3,(H,19,22)(H,20,23)/b18-11-. The van der Waals surface area contributed by atoms with Crippen molar-refractivity contribution in [3.8, 4) is 11.5 Å². The van der Waals surface area contributed by atoms with E-state index in [1.807, 2.05) is 0 Å². The van der Waals surface area contributed by atoms with Gasteiger partial charge in [0.1, 0.15) is 0 Å². The van der Waals surface area contributed by atoms with Crippen molar-refractivity contribution in [1.82, 2.24) is 10.7 Å². The molecule has 2 rings (SSSR count). The Morgan fingerprint density at radius 3 is 2.58 bits per heavy atom. The lowest BCUT2D eigenvalue weighted by Gasteiger charge is -2.15. The highest BCUT2D eigenvalue weighted by atomic mass is 16.5. The first-order valence-electron chi connectivity index (χ1n) is 8.11. The summed E-state index contributed by atoms with van der Waals surface area (Å²) in [6.45, 7) is 0. The van der Waals surface area contributed by atoms with Crippen LogP contribution in [0.3, 0.4) is 0 Å². The molecule has 0 atom stereocenters. The first-order valence-corrected chi connectivity index (χ1v) is 8.11. The minimum absolute atomic E-state index is 0.0529. The minimum atomic E-state index is -0.821. The lowest BCUT2D eigenvalue weighted by atomic mass is 10.1. The van der Waals surface area contributed by atoms with Gasteiger partial charge in [-0.3, -0.25) is 9.59 Å². The van der Waals surface area contributed by atoms with Crippen LogP contribution in [0.1, 0.15) is 44.1 Å². The van der Waals surface area contributed by atoms with Crippen molar-refractivity contribution in [2.75, 3.05) is 7.11 Å². The largest absolute Gasteiger partial charge is 0.504 e. The number of nitrogens with one attached hydrogen (secondary N) is 2. The number of hydrazone groups is 1. The quantitative estimate of drug-likeness (QED) is 0.338. The Morgan fingerprint density at radius 1 is 1.21 bits per heavy atom. The number of phenolic OH excluding ortho intramolecular Hbond substituents is 1. The molecule has 1 aliphatic carbocycles. The van der Waals surface area contributed by atoms with Crippen molar-refractivity contribution in [3.05, 3.63) is 23.8 Å². The van der Waals surface area contributed by atoms with Crippen molar-refractivity contribution < 1.29 is 19.4 Å². The average Bonchev–Trinajstić information content (AvgIpc) is 2.85. The van der Waals surface area contributed by atoms with Crippen LogP contribution in [0, 0.1) is 0 Å². The molecule has 1 aromatic rings. The molecule has 0 bridgehead atoms. The summed E-state index contributed by atoms with van der Waals surface area (Å²) >= 11 is 0. The number of carbonyl (C=O) groups is 2. The minimum Gasteiger partial charge on any atom is -0.504 e. The average molecular weight is 333 g/mol. The Hall–Kier alpha value is -2.57. The number of nitrogens with zero attached hydrogens (tertiary/aromatic N) is 1. The van der Waals surface area contributed by atoms with Crippen LogP contribution in [-0.2, 0) is 9.59 Å². The highest BCUT2D eigenvalue weighted by Crippen LogP contribution is 2.27. The molecule has 130 valence electrons. The van der Waals surface area contributed by atoms with E-state index in [2.05, 4.69) is 15.8 Å². The van der Waals surface area contributed by atoms with Crippen LogP contribution in [0.5, 0.6) is 11.5 Å². The van der Waals surface area contributed by atoms with Crippen LogP contribution in [0.15, 0.2) is 23.3 Å². The predicted octanol–water partition coefficient (Wildman–Crippen LogP) is 1.69. The van der Waals surface area contributed by atoms with E-state index < -0.39 is 11.8 Å². The van der Waals surface area contributed by atoms with Crippen molar-refractivity contribution in [2.45, 2.75) is 44.6 Å². The molecular formula is C17H23N3O4. The van der Waals surface area contributed by atoms with E-state index in [4.69, 9.17) is 4.74 Å². The second kappa shape index (κ2) is 8.90. The molecule has 0 aromatic heterocycles. The molecule has 1 aliphatic rings. The third-order valence-electron chi connectivity index (χ3n) is 4.02. The van der Waals surface area contributed by atoms with Crippen molar-refractivity contribution in [3.63, 3.8) is 0 Å². The molecule has 0 saturated heterocycles. The van der Waals surface area contributed by atoms with Crippen LogP contribution in [0.2, 0.25) is 0 Å². The van der Waals surface area contributed by atoms with Crippen LogP contribution in [0.4, 0.5) is 0 Å². The van der Waals surface area contributed by atoms with Gasteiger partial charge in [-0.05, 0) is 25.0 Å². The maximum absolute atomic E-state index is 11.9. The number of aromatic hydroxyl groups is 1. The first-order chi connectivity index (χ1) is 11.6. The zero-order valence-corrected chi connectivity index (χ0v) is 13.7. The summed E-state index contributed by atoms with van der Waals surface area (Å²) in [5.74, 6) is -1.29. The molecule has 1 aromatic carbocycles. The number of para-hydroxylation sites is 1. The Bertz CT molecular complexity index is 608. The molecule has 7 nitrogen and oxygen atoms in total. The molecule has 2 amide bonds. The van der Waals surface area contributed by atoms with E-state index in [9.17, 15) is 14.7 Å². The Morgan fingerprint density at radius 2 is 1.92 bits per heavy atom. The van der Waals surface area contributed by atoms with Crippen molar-refractivity contribution in [1.29, 1.82) is 0 Å². The molecular weight excluding hydrogens is 310 g/mol. The number of rotatable bonds is 4. The number of benzene rings is 1. The number of ether oxygens (including phenoxy) is 1. The molecule has 0 radical (unpaired) electrons. The topological polar surface area (TPSA) is 100 Å². The number of carbonyl (C=O) groups excluding carboxylic acids is 2. The lowest BCUT2D eigenvalue weighted by Crippen LogP contribution is -2.43. The fourth-order valence-electron chi connectivity index (χ4n) is 2.69. The Labute approximate surface area is 141 Å². The molecule has 0 spiro atoms. The van der Waals surface area contributed by atoms with Crippen molar-refractivity contribution >= 4 is 18.0 Å². The van der Waals surface area contributed by atoms with Gasteiger partial charge < -0.3 is 15.2 Å². The van der Waals surface area contributed by atoms with Gasteiger partial charge in [-0.1, -0.05) is 31.7 Å². The summed E-state index contributed by atoms with van der Waals surface area (Å²) in [6, 6.07) is 4.95. The number of phenols is 1. The number of methoxy groups -OCH3 is 1. The van der Waals surface area contributed by atoms with Gasteiger partial charge in [-0.25, -0.2) is 5.43 Å². The molecule has 0 aliphatic heterocycles. The van der Waals surface area contributed by atoms with Crippen LogP contribution in [0.25, 0.3) is 0 Å². The molecule has 1 saturated carbocycles. The SMILES string of the molecule is COc1cccc(/C=N\NC(=O)C(=O)NC2CCCCCC2)c1O. The third-order valence-corrected chi connectivity index (χ3v) is 4.02. The normalized spacial score (nSPS) is 15.7. The number of hydrogen-bond donors (Lipinski definition) is 3. The van der Waals surface area contributed by atoms with E-state index >= 15 is 0 Å². The first kappa shape index (κ1) is 17.8. The van der Waals surface area contributed by atoms with E-state index in [1.54, 1.807) is 18.2 Å². The van der Waals surface area contributed by atoms with E-state index in [0.29, 0.717) is 11.3 Å². The van der Waals surface area contributed by atoms with Crippen LogP contribution < -0.4 is 15.5 Å². The predicted molar refractivity (Wildman–Crippen MR) is 90.0 cm³/mol. The lowest BCUT2D eigenvalue weighted by molar-refractivity contribution is -0.139. The maximum atomic E-state index is 11.9. The van der Waals surface area contributed by atoms with Gasteiger partial charge in [0.05, 0.1) is 13.3 Å². The van der Waals surface area contributed by atoms with E-state index in [0.717, 1.165) is 25.7 Å². The van der Waals surface area contributed by atoms with E-state index in [-0.39, 0.29) is 11.8 Å². The van der Waals surface area contributed by atoms with Gasteiger partial charge >= 0.3 is 11.8 Å². The molecule has 7 heteroatoms. The van der Waals surface area contributed by atoms with Gasteiger partial charge in [0, 0.05) is 11.6 Å². The highest BCUT2D eigenvalue weighted by Gasteiger charge is 2.19. The molecule has 0 unspecified atom stereocenters. The molecule has 1 fully saturated rings. The molecule has 0 heterocycles. The van der Waals surface area contributed by atoms with Gasteiger partial charge in [0.15, 0.2) is 11.5 Å². The van der Waals surface area contributed by atoms with E-state index in [1.165, 1.54) is 26.2 Å². The van der Waals surface area contributed by atoms with Gasteiger partial charge in [-0.15, -0.1) is 0 Å². The van der Waals surface area contributed by atoms with Gasteiger partial charge in [0.25, 0.3) is 0 Å². The summed E-state index contributed by atoms with van der Waals surface area (Å²) in [5, 5.41) is 16.4.